The summed E-state index contributed by atoms with van der Waals surface area (Å²) in [6.45, 7) is 3.26. The van der Waals surface area contributed by atoms with Crippen LogP contribution in [0.4, 0.5) is 5.69 Å². The number of halogens is 1. The van der Waals surface area contributed by atoms with Crippen LogP contribution in [0.3, 0.4) is 0 Å². The van der Waals surface area contributed by atoms with Crippen molar-refractivity contribution in [2.45, 2.75) is 45.6 Å². The molecular formula is C25H24ClNO5. The Morgan fingerprint density at radius 3 is 2.72 bits per heavy atom. The lowest BCUT2D eigenvalue weighted by Gasteiger charge is -2.31. The Balaban J connectivity index is 1.45. The highest BCUT2D eigenvalue weighted by molar-refractivity contribution is 6.33. The van der Waals surface area contributed by atoms with E-state index < -0.39 is 0 Å². The summed E-state index contributed by atoms with van der Waals surface area (Å²) in [5.74, 6) is 0.242. The zero-order valence-corrected chi connectivity index (χ0v) is 18.7. The van der Waals surface area contributed by atoms with E-state index in [0.717, 1.165) is 59.9 Å². The van der Waals surface area contributed by atoms with Crippen LogP contribution in [-0.4, -0.2) is 19.3 Å². The molecule has 0 atom stereocenters. The van der Waals surface area contributed by atoms with Crippen molar-refractivity contribution < 1.29 is 18.7 Å². The van der Waals surface area contributed by atoms with Gasteiger partial charge in [-0.05, 0) is 61.6 Å². The van der Waals surface area contributed by atoms with E-state index in [-0.39, 0.29) is 11.6 Å². The van der Waals surface area contributed by atoms with Crippen molar-refractivity contribution in [2.75, 3.05) is 18.2 Å². The summed E-state index contributed by atoms with van der Waals surface area (Å²) in [4.78, 5) is 26.7. The number of benzene rings is 2. The largest absolute Gasteiger partial charge is 0.471 e. The predicted octanol–water partition coefficient (Wildman–Crippen LogP) is 5.25. The van der Waals surface area contributed by atoms with Crippen molar-refractivity contribution >= 4 is 34.2 Å². The first-order chi connectivity index (χ1) is 15.6. The standard InChI is InChI=1S/C25H24ClNO5/c1-2-3-11-30-24(28)15-7-9-16(10-8-15)27-13-20-22-19(12-21(26)23(20)31-14-27)17-5-4-6-18(17)25(29)32-22/h7-10,12H,2-6,11,13-14H2,1H3. The molecule has 0 fully saturated rings. The maximum absolute atomic E-state index is 12.5. The monoisotopic (exact) mass is 453 g/mol. The zero-order valence-electron chi connectivity index (χ0n) is 17.9. The number of carbonyl (C=O) groups excluding carboxylic acids is 1. The number of aryl methyl sites for hydroxylation is 1. The summed E-state index contributed by atoms with van der Waals surface area (Å²) in [5.41, 5.74) is 4.27. The molecule has 0 spiro atoms. The molecule has 0 N–H and O–H groups in total. The number of hydrogen-bond acceptors (Lipinski definition) is 6. The van der Waals surface area contributed by atoms with E-state index >= 15 is 0 Å². The summed E-state index contributed by atoms with van der Waals surface area (Å²) >= 11 is 6.55. The average molecular weight is 454 g/mol. The topological polar surface area (TPSA) is 69.0 Å². The second-order valence-electron chi connectivity index (χ2n) is 8.25. The molecule has 1 aliphatic carbocycles. The lowest BCUT2D eigenvalue weighted by molar-refractivity contribution is 0.0500. The van der Waals surface area contributed by atoms with Crippen molar-refractivity contribution in [3.63, 3.8) is 0 Å². The SMILES string of the molecule is CCCCOC(=O)c1ccc(N2COc3c(Cl)cc4c5c(c(=O)oc4c3C2)CCC5)cc1. The smallest absolute Gasteiger partial charge is 0.339 e. The second kappa shape index (κ2) is 8.51. The van der Waals surface area contributed by atoms with E-state index in [9.17, 15) is 9.59 Å². The van der Waals surface area contributed by atoms with Gasteiger partial charge < -0.3 is 18.8 Å². The van der Waals surface area contributed by atoms with Gasteiger partial charge in [-0.3, -0.25) is 0 Å². The highest BCUT2D eigenvalue weighted by Crippen LogP contribution is 2.41. The van der Waals surface area contributed by atoms with Crippen LogP contribution in [0.1, 0.15) is 53.2 Å². The van der Waals surface area contributed by atoms with Crippen LogP contribution in [0.25, 0.3) is 11.0 Å². The van der Waals surface area contributed by atoms with E-state index in [1.165, 1.54) is 0 Å². The number of ether oxygens (including phenoxy) is 2. The second-order valence-corrected chi connectivity index (χ2v) is 8.66. The van der Waals surface area contributed by atoms with Gasteiger partial charge in [0.25, 0.3) is 0 Å². The van der Waals surface area contributed by atoms with Gasteiger partial charge in [0, 0.05) is 16.6 Å². The lowest BCUT2D eigenvalue weighted by atomic mass is 10.0. The third-order valence-electron chi connectivity index (χ3n) is 6.18. The van der Waals surface area contributed by atoms with Gasteiger partial charge in [-0.1, -0.05) is 24.9 Å². The molecule has 0 radical (unpaired) electrons. The third-order valence-corrected chi connectivity index (χ3v) is 6.46. The van der Waals surface area contributed by atoms with Crippen LogP contribution < -0.4 is 15.3 Å². The summed E-state index contributed by atoms with van der Waals surface area (Å²) in [5, 5.41) is 1.43. The van der Waals surface area contributed by atoms with Gasteiger partial charge in [-0.25, -0.2) is 9.59 Å². The minimum absolute atomic E-state index is 0.266. The van der Waals surface area contributed by atoms with Crippen LogP contribution in [0.2, 0.25) is 5.02 Å². The Morgan fingerprint density at radius 2 is 1.94 bits per heavy atom. The Hall–Kier alpha value is -2.99. The van der Waals surface area contributed by atoms with E-state index in [1.807, 2.05) is 23.1 Å². The fourth-order valence-corrected chi connectivity index (χ4v) is 4.75. The van der Waals surface area contributed by atoms with Crippen LogP contribution in [0, 0.1) is 0 Å². The molecule has 0 saturated carbocycles. The van der Waals surface area contributed by atoms with Gasteiger partial charge in [-0.15, -0.1) is 0 Å². The molecule has 7 heteroatoms. The highest BCUT2D eigenvalue weighted by atomic mass is 35.5. The quantitative estimate of drug-likeness (QED) is 0.298. The van der Waals surface area contributed by atoms with E-state index in [2.05, 4.69) is 6.92 Å². The van der Waals surface area contributed by atoms with Gasteiger partial charge in [0.15, 0.2) is 6.73 Å². The molecule has 0 saturated heterocycles. The Labute approximate surface area is 190 Å². The van der Waals surface area contributed by atoms with Crippen molar-refractivity contribution in [1.82, 2.24) is 0 Å². The van der Waals surface area contributed by atoms with Gasteiger partial charge in [0.05, 0.1) is 29.3 Å². The normalized spacial score (nSPS) is 14.8. The number of unbranched alkanes of at least 4 members (excludes halogenated alkanes) is 1. The summed E-state index contributed by atoms with van der Waals surface area (Å²) in [7, 11) is 0. The molecule has 32 heavy (non-hydrogen) atoms. The zero-order chi connectivity index (χ0) is 22.2. The number of nitrogens with zero attached hydrogens (tertiary/aromatic N) is 1. The number of hydrogen-bond donors (Lipinski definition) is 0. The van der Waals surface area contributed by atoms with Gasteiger partial charge in [0.2, 0.25) is 0 Å². The molecule has 2 aliphatic rings. The Kier molecular flexibility index (Phi) is 5.55. The fourth-order valence-electron chi connectivity index (χ4n) is 4.47. The van der Waals surface area contributed by atoms with Crippen LogP contribution in [0.5, 0.6) is 5.75 Å². The van der Waals surface area contributed by atoms with Crippen LogP contribution >= 0.6 is 11.6 Å². The molecular weight excluding hydrogens is 430 g/mol. The number of esters is 1. The van der Waals surface area contributed by atoms with Crippen molar-refractivity contribution in [1.29, 1.82) is 0 Å². The summed E-state index contributed by atoms with van der Waals surface area (Å²) < 4.78 is 17.0. The van der Waals surface area contributed by atoms with E-state index in [0.29, 0.717) is 41.8 Å². The van der Waals surface area contributed by atoms with E-state index in [4.69, 9.17) is 25.5 Å². The van der Waals surface area contributed by atoms with E-state index in [1.54, 1.807) is 12.1 Å². The molecule has 6 nitrogen and oxygen atoms in total. The molecule has 2 aromatic carbocycles. The highest BCUT2D eigenvalue weighted by Gasteiger charge is 2.28. The molecule has 1 aromatic heterocycles. The maximum atomic E-state index is 12.5. The Bertz CT molecular complexity index is 1250. The van der Waals surface area contributed by atoms with Gasteiger partial charge >= 0.3 is 11.6 Å². The number of carbonyl (C=O) groups is 1. The molecule has 0 amide bonds. The number of rotatable bonds is 5. The third kappa shape index (κ3) is 3.62. The molecule has 3 aromatic rings. The minimum Gasteiger partial charge on any atom is -0.471 e. The van der Waals surface area contributed by atoms with Crippen LogP contribution in [-0.2, 0) is 24.1 Å². The van der Waals surface area contributed by atoms with Crippen molar-refractivity contribution in [2.24, 2.45) is 0 Å². The fraction of sp³-hybridized carbons (Fsp3) is 0.360. The molecule has 166 valence electrons. The van der Waals surface area contributed by atoms with Crippen LogP contribution in [0.15, 0.2) is 39.5 Å². The van der Waals surface area contributed by atoms with Gasteiger partial charge in [-0.2, -0.15) is 0 Å². The summed E-state index contributed by atoms with van der Waals surface area (Å²) in [6.07, 6.45) is 4.38. The molecule has 1 aliphatic heterocycles. The molecule has 2 heterocycles. The summed E-state index contributed by atoms with van der Waals surface area (Å²) in [6, 6.07) is 9.10. The van der Waals surface area contributed by atoms with Gasteiger partial charge in [0.1, 0.15) is 11.3 Å². The molecule has 0 bridgehead atoms. The Morgan fingerprint density at radius 1 is 1.16 bits per heavy atom. The first-order valence-corrected chi connectivity index (χ1v) is 11.4. The number of anilines is 1. The first kappa shape index (κ1) is 20.9. The number of fused-ring (bicyclic) bond motifs is 5. The first-order valence-electron chi connectivity index (χ1n) is 11.0. The maximum Gasteiger partial charge on any atom is 0.339 e. The minimum atomic E-state index is -0.321. The molecule has 0 unspecified atom stereocenters. The van der Waals surface area contributed by atoms with Crippen molar-refractivity contribution in [3.05, 3.63) is 68.0 Å². The lowest BCUT2D eigenvalue weighted by Crippen LogP contribution is -2.32. The van der Waals surface area contributed by atoms with Crippen molar-refractivity contribution in [3.8, 4) is 5.75 Å². The molecule has 5 rings (SSSR count). The predicted molar refractivity (Wildman–Crippen MR) is 123 cm³/mol. The average Bonchev–Trinajstić information content (AvgIpc) is 3.31.